The highest BCUT2D eigenvalue weighted by atomic mass is 16.5. The quantitative estimate of drug-likeness (QED) is 0.654. The molecule has 0 aliphatic rings. The Bertz CT molecular complexity index is 952. The van der Waals surface area contributed by atoms with E-state index in [1.165, 1.54) is 6.20 Å². The number of aromatic nitrogens is 2. The van der Waals surface area contributed by atoms with Gasteiger partial charge in [-0.15, -0.1) is 0 Å². The number of hydrogen-bond donors (Lipinski definition) is 0. The van der Waals surface area contributed by atoms with Crippen LogP contribution in [0.3, 0.4) is 0 Å². The van der Waals surface area contributed by atoms with Gasteiger partial charge in [0.1, 0.15) is 0 Å². The van der Waals surface area contributed by atoms with E-state index in [1.807, 2.05) is 61.1 Å². The lowest BCUT2D eigenvalue weighted by Gasteiger charge is -2.20. The molecule has 0 atom stereocenters. The van der Waals surface area contributed by atoms with E-state index in [9.17, 15) is 4.79 Å². The predicted octanol–water partition coefficient (Wildman–Crippen LogP) is 2.89. The van der Waals surface area contributed by atoms with Crippen LogP contribution in [-0.2, 0) is 13.2 Å². The van der Waals surface area contributed by atoms with Crippen molar-refractivity contribution in [1.82, 2.24) is 14.7 Å². The summed E-state index contributed by atoms with van der Waals surface area (Å²) in [6, 6.07) is 13.5. The first-order chi connectivity index (χ1) is 12.6. The maximum absolute atomic E-state index is 11.9. The minimum absolute atomic E-state index is 0.0595. The van der Waals surface area contributed by atoms with E-state index in [4.69, 9.17) is 9.47 Å². The lowest BCUT2D eigenvalue weighted by molar-refractivity contribution is 0.249. The fourth-order valence-corrected chi connectivity index (χ4v) is 2.95. The fraction of sp³-hybridized carbons (Fsp3) is 0.300. The Morgan fingerprint density at radius 1 is 1.15 bits per heavy atom. The monoisotopic (exact) mass is 353 g/mol. The van der Waals surface area contributed by atoms with Crippen molar-refractivity contribution in [2.45, 2.75) is 20.1 Å². The standard InChI is InChI=1S/C20H23N3O3/c1-4-26-19-10-9-15(11-20(19)25-3)13-22(2)14-23-17-8-6-5-7-16(17)18(24)12-21-23/h5-12H,4,13-14H2,1-3H3. The third kappa shape index (κ3) is 3.86. The predicted molar refractivity (Wildman–Crippen MR) is 102 cm³/mol. The summed E-state index contributed by atoms with van der Waals surface area (Å²) in [6.45, 7) is 3.82. The van der Waals surface area contributed by atoms with Crippen LogP contribution in [0.4, 0.5) is 0 Å². The fourth-order valence-electron chi connectivity index (χ4n) is 2.95. The summed E-state index contributed by atoms with van der Waals surface area (Å²) in [5.41, 5.74) is 1.88. The van der Waals surface area contributed by atoms with Gasteiger partial charge in [0, 0.05) is 11.9 Å². The topological polar surface area (TPSA) is 56.6 Å². The molecule has 0 fully saturated rings. The van der Waals surface area contributed by atoms with Crippen molar-refractivity contribution in [2.24, 2.45) is 0 Å². The zero-order valence-corrected chi connectivity index (χ0v) is 15.3. The van der Waals surface area contributed by atoms with E-state index in [1.54, 1.807) is 7.11 Å². The summed E-state index contributed by atoms with van der Waals surface area (Å²) < 4.78 is 12.8. The van der Waals surface area contributed by atoms with Gasteiger partial charge in [0.05, 0.1) is 32.1 Å². The number of benzene rings is 2. The van der Waals surface area contributed by atoms with E-state index in [2.05, 4.69) is 10.00 Å². The van der Waals surface area contributed by atoms with Gasteiger partial charge in [-0.25, -0.2) is 0 Å². The first-order valence-corrected chi connectivity index (χ1v) is 8.55. The summed E-state index contributed by atoms with van der Waals surface area (Å²) >= 11 is 0. The summed E-state index contributed by atoms with van der Waals surface area (Å²) in [6.07, 6.45) is 1.37. The molecule has 0 N–H and O–H groups in total. The van der Waals surface area contributed by atoms with Gasteiger partial charge in [-0.3, -0.25) is 14.4 Å². The minimum Gasteiger partial charge on any atom is -0.493 e. The Hall–Kier alpha value is -2.86. The Morgan fingerprint density at radius 3 is 2.73 bits per heavy atom. The number of para-hydroxylation sites is 1. The molecular formula is C20H23N3O3. The van der Waals surface area contributed by atoms with Crippen LogP contribution in [0.2, 0.25) is 0 Å². The highest BCUT2D eigenvalue weighted by molar-refractivity contribution is 5.77. The Balaban J connectivity index is 1.78. The van der Waals surface area contributed by atoms with Crippen molar-refractivity contribution < 1.29 is 9.47 Å². The van der Waals surface area contributed by atoms with Crippen LogP contribution in [0.15, 0.2) is 53.5 Å². The molecule has 0 amide bonds. The largest absolute Gasteiger partial charge is 0.493 e. The third-order valence-electron chi connectivity index (χ3n) is 4.12. The van der Waals surface area contributed by atoms with E-state index in [0.717, 1.165) is 22.6 Å². The first-order valence-electron chi connectivity index (χ1n) is 8.55. The molecule has 6 nitrogen and oxygen atoms in total. The van der Waals surface area contributed by atoms with Crippen LogP contribution in [0, 0.1) is 0 Å². The molecule has 0 saturated carbocycles. The summed E-state index contributed by atoms with van der Waals surface area (Å²) in [7, 11) is 3.65. The van der Waals surface area contributed by atoms with E-state index >= 15 is 0 Å². The van der Waals surface area contributed by atoms with Gasteiger partial charge < -0.3 is 9.47 Å². The second kappa shape index (κ2) is 8.01. The lowest BCUT2D eigenvalue weighted by Crippen LogP contribution is -2.24. The summed E-state index contributed by atoms with van der Waals surface area (Å²) in [5.74, 6) is 1.47. The van der Waals surface area contributed by atoms with Crippen LogP contribution < -0.4 is 14.9 Å². The maximum atomic E-state index is 11.9. The molecule has 0 unspecified atom stereocenters. The molecule has 0 spiro atoms. The van der Waals surface area contributed by atoms with Crippen LogP contribution >= 0.6 is 0 Å². The van der Waals surface area contributed by atoms with Gasteiger partial charge in [-0.05, 0) is 43.8 Å². The van der Waals surface area contributed by atoms with E-state index < -0.39 is 0 Å². The Labute approximate surface area is 152 Å². The number of methoxy groups -OCH3 is 1. The third-order valence-corrected chi connectivity index (χ3v) is 4.12. The number of fused-ring (bicyclic) bond motifs is 1. The zero-order valence-electron chi connectivity index (χ0n) is 15.3. The van der Waals surface area contributed by atoms with Crippen LogP contribution in [0.25, 0.3) is 10.9 Å². The molecule has 0 bridgehead atoms. The maximum Gasteiger partial charge on any atom is 0.207 e. The van der Waals surface area contributed by atoms with Gasteiger partial charge in [-0.2, -0.15) is 5.10 Å². The molecular weight excluding hydrogens is 330 g/mol. The molecule has 136 valence electrons. The van der Waals surface area contributed by atoms with Crippen molar-refractivity contribution in [1.29, 1.82) is 0 Å². The Morgan fingerprint density at radius 2 is 1.96 bits per heavy atom. The van der Waals surface area contributed by atoms with Crippen LogP contribution in [-0.4, -0.2) is 35.4 Å². The van der Waals surface area contributed by atoms with Crippen molar-refractivity contribution in [3.05, 3.63) is 64.4 Å². The van der Waals surface area contributed by atoms with Gasteiger partial charge in [0.2, 0.25) is 5.43 Å². The lowest BCUT2D eigenvalue weighted by atomic mass is 10.2. The molecule has 0 saturated heterocycles. The number of ether oxygens (including phenoxy) is 2. The molecule has 3 rings (SSSR count). The molecule has 1 heterocycles. The van der Waals surface area contributed by atoms with Gasteiger partial charge in [0.15, 0.2) is 11.5 Å². The number of hydrogen-bond acceptors (Lipinski definition) is 5. The van der Waals surface area contributed by atoms with E-state index in [0.29, 0.717) is 25.2 Å². The van der Waals surface area contributed by atoms with Crippen molar-refractivity contribution in [3.63, 3.8) is 0 Å². The van der Waals surface area contributed by atoms with Gasteiger partial charge in [0.25, 0.3) is 0 Å². The van der Waals surface area contributed by atoms with Crippen molar-refractivity contribution >= 4 is 10.9 Å². The number of rotatable bonds is 7. The molecule has 0 aliphatic heterocycles. The molecule has 6 heteroatoms. The second-order valence-electron chi connectivity index (χ2n) is 6.10. The van der Waals surface area contributed by atoms with Crippen LogP contribution in [0.1, 0.15) is 12.5 Å². The average Bonchev–Trinajstić information content (AvgIpc) is 2.65. The molecule has 3 aromatic rings. The zero-order chi connectivity index (χ0) is 18.5. The van der Waals surface area contributed by atoms with Crippen molar-refractivity contribution in [3.8, 4) is 11.5 Å². The SMILES string of the molecule is CCOc1ccc(CN(C)Cn2ncc(=O)c3ccccc32)cc1OC. The normalized spacial score (nSPS) is 11.1. The molecule has 1 aromatic heterocycles. The average molecular weight is 353 g/mol. The smallest absolute Gasteiger partial charge is 0.207 e. The molecule has 2 aromatic carbocycles. The molecule has 0 radical (unpaired) electrons. The minimum atomic E-state index is -0.0595. The van der Waals surface area contributed by atoms with Gasteiger partial charge in [-0.1, -0.05) is 18.2 Å². The van der Waals surface area contributed by atoms with Crippen molar-refractivity contribution in [2.75, 3.05) is 20.8 Å². The highest BCUT2D eigenvalue weighted by Crippen LogP contribution is 2.28. The molecule has 0 aliphatic carbocycles. The van der Waals surface area contributed by atoms with Crippen LogP contribution in [0.5, 0.6) is 11.5 Å². The first kappa shape index (κ1) is 17.9. The second-order valence-corrected chi connectivity index (χ2v) is 6.10. The Kier molecular flexibility index (Phi) is 5.53. The molecule has 26 heavy (non-hydrogen) atoms. The van der Waals surface area contributed by atoms with Gasteiger partial charge >= 0.3 is 0 Å². The number of nitrogens with zero attached hydrogens (tertiary/aromatic N) is 3. The highest BCUT2D eigenvalue weighted by Gasteiger charge is 2.09. The summed E-state index contributed by atoms with van der Waals surface area (Å²) in [5, 5.41) is 4.96. The summed E-state index contributed by atoms with van der Waals surface area (Å²) in [4.78, 5) is 14.1. The van der Waals surface area contributed by atoms with E-state index in [-0.39, 0.29) is 5.43 Å².